The van der Waals surface area contributed by atoms with Crippen molar-refractivity contribution in [3.63, 3.8) is 0 Å². The largest absolute Gasteiger partial charge is 0.443 e. The molecule has 0 aliphatic heterocycles. The summed E-state index contributed by atoms with van der Waals surface area (Å²) in [5.74, 6) is 0.184. The van der Waals surface area contributed by atoms with Gasteiger partial charge in [0.1, 0.15) is 11.2 Å². The maximum absolute atomic E-state index is 12.3. The second kappa shape index (κ2) is 8.30. The van der Waals surface area contributed by atoms with Crippen LogP contribution in [0.1, 0.15) is 12.6 Å². The highest BCUT2D eigenvalue weighted by Crippen LogP contribution is 2.35. The Balaban J connectivity index is 1.80. The Hall–Kier alpha value is -2.75. The van der Waals surface area contributed by atoms with E-state index in [0.29, 0.717) is 22.2 Å². The smallest absolute Gasteiger partial charge is 0.265 e. The van der Waals surface area contributed by atoms with Crippen LogP contribution in [0.4, 0.5) is 5.69 Å². The predicted octanol–water partition coefficient (Wildman–Crippen LogP) is 4.25. The number of nitrogens with one attached hydrogen (secondary N) is 1. The summed E-state index contributed by atoms with van der Waals surface area (Å²) >= 11 is 2.35. The minimum absolute atomic E-state index is 0.319. The van der Waals surface area contributed by atoms with Gasteiger partial charge in [0.15, 0.2) is 5.01 Å². The van der Waals surface area contributed by atoms with Gasteiger partial charge in [0.25, 0.3) is 11.8 Å². The fourth-order valence-electron chi connectivity index (χ4n) is 2.35. The fraction of sp³-hybridized carbons (Fsp3) is 0.111. The first-order valence-electron chi connectivity index (χ1n) is 7.87. The zero-order valence-corrected chi connectivity index (χ0v) is 16.4. The van der Waals surface area contributed by atoms with E-state index in [1.54, 1.807) is 13.1 Å². The quantitative estimate of drug-likeness (QED) is 0.364. The van der Waals surface area contributed by atoms with Crippen molar-refractivity contribution < 1.29 is 9.21 Å². The summed E-state index contributed by atoms with van der Waals surface area (Å²) in [4.78, 5) is 26.1. The molecule has 27 heavy (non-hydrogen) atoms. The highest BCUT2D eigenvalue weighted by Gasteiger charge is 2.15. The number of oxazole rings is 1. The third kappa shape index (κ3) is 4.16. The van der Waals surface area contributed by atoms with Crippen molar-refractivity contribution in [2.24, 2.45) is 10.1 Å². The molecule has 0 unspecified atom stereocenters. The molecule has 7 nitrogen and oxygen atoms in total. The lowest BCUT2D eigenvalue weighted by molar-refractivity contribution is -0.112. The molecule has 3 N–H and O–H groups in total. The van der Waals surface area contributed by atoms with Crippen molar-refractivity contribution in [2.75, 3.05) is 5.32 Å². The number of carbonyl (C=O) groups is 1. The number of hydrogen-bond acceptors (Lipinski definition) is 8. The number of nitrogens with two attached hydrogens (primary N) is 1. The molecule has 2 heterocycles. The van der Waals surface area contributed by atoms with Crippen molar-refractivity contribution in [2.45, 2.75) is 13.8 Å². The van der Waals surface area contributed by atoms with Gasteiger partial charge in [0.2, 0.25) is 0 Å². The molecule has 0 saturated heterocycles. The Morgan fingerprint density at radius 3 is 2.70 bits per heavy atom. The van der Waals surface area contributed by atoms with Crippen LogP contribution in [0.2, 0.25) is 0 Å². The van der Waals surface area contributed by atoms with Crippen molar-refractivity contribution in [1.29, 1.82) is 0 Å². The molecule has 0 radical (unpaired) electrons. The summed E-state index contributed by atoms with van der Waals surface area (Å²) in [7, 11) is 0. The van der Waals surface area contributed by atoms with Crippen molar-refractivity contribution >= 4 is 41.6 Å². The van der Waals surface area contributed by atoms with E-state index in [9.17, 15) is 4.79 Å². The summed E-state index contributed by atoms with van der Waals surface area (Å²) in [6, 6.07) is 7.50. The number of amides is 1. The van der Waals surface area contributed by atoms with Crippen LogP contribution in [0.3, 0.4) is 0 Å². The van der Waals surface area contributed by atoms with E-state index in [0.717, 1.165) is 33.1 Å². The summed E-state index contributed by atoms with van der Waals surface area (Å²) < 4.78 is 5.31. The molecule has 2 aromatic heterocycles. The lowest BCUT2D eigenvalue weighted by Gasteiger charge is -2.08. The minimum atomic E-state index is -0.319. The van der Waals surface area contributed by atoms with Crippen molar-refractivity contribution in [3.05, 3.63) is 53.0 Å². The average molecular weight is 400 g/mol. The number of aliphatic imine (C=N–C) groups is 1. The van der Waals surface area contributed by atoms with Gasteiger partial charge < -0.3 is 9.73 Å². The van der Waals surface area contributed by atoms with Gasteiger partial charge in [-0.2, -0.15) is 0 Å². The van der Waals surface area contributed by atoms with Crippen LogP contribution in [-0.4, -0.2) is 22.6 Å². The molecule has 9 heteroatoms. The number of benzene rings is 1. The molecule has 1 aromatic carbocycles. The molecule has 0 bridgehead atoms. The maximum Gasteiger partial charge on any atom is 0.265 e. The molecule has 138 valence electrons. The van der Waals surface area contributed by atoms with Crippen LogP contribution >= 0.6 is 23.3 Å². The van der Waals surface area contributed by atoms with Crippen molar-refractivity contribution in [3.8, 4) is 21.3 Å². The zero-order chi connectivity index (χ0) is 19.4. The number of carbonyl (C=O) groups excluding carboxylic acids is 1. The Kier molecular flexibility index (Phi) is 5.84. The number of anilines is 1. The van der Waals surface area contributed by atoms with Crippen LogP contribution in [0.25, 0.3) is 21.3 Å². The summed E-state index contributed by atoms with van der Waals surface area (Å²) in [6.07, 6.45) is 3.12. The van der Waals surface area contributed by atoms with E-state index in [2.05, 4.69) is 27.0 Å². The van der Waals surface area contributed by atoms with Gasteiger partial charge >= 0.3 is 0 Å². The molecule has 0 spiro atoms. The Bertz CT molecular complexity index is 991. The molecule has 0 fully saturated rings. The van der Waals surface area contributed by atoms with E-state index < -0.39 is 0 Å². The van der Waals surface area contributed by atoms with Gasteiger partial charge in [-0.1, -0.05) is 12.1 Å². The van der Waals surface area contributed by atoms with Gasteiger partial charge in [-0.15, -0.1) is 11.3 Å². The van der Waals surface area contributed by atoms with Crippen molar-refractivity contribution in [1.82, 2.24) is 9.97 Å². The molecular weight excluding hydrogens is 382 g/mol. The third-order valence-corrected chi connectivity index (χ3v) is 5.62. The number of nitrogens with zero attached hydrogens (tertiary/aromatic N) is 3. The molecule has 1 amide bonds. The first-order valence-corrected chi connectivity index (χ1v) is 9.56. The maximum atomic E-state index is 12.3. The first-order chi connectivity index (χ1) is 13.0. The van der Waals surface area contributed by atoms with Crippen LogP contribution < -0.4 is 10.5 Å². The van der Waals surface area contributed by atoms with Crippen LogP contribution in [0, 0.1) is 6.92 Å². The summed E-state index contributed by atoms with van der Waals surface area (Å²) in [5.41, 5.74) is 3.02. The van der Waals surface area contributed by atoms with Gasteiger partial charge in [-0.3, -0.25) is 14.9 Å². The van der Waals surface area contributed by atoms with E-state index >= 15 is 0 Å². The predicted molar refractivity (Wildman–Crippen MR) is 110 cm³/mol. The Labute approximate surface area is 164 Å². The van der Waals surface area contributed by atoms with Crippen LogP contribution in [-0.2, 0) is 4.79 Å². The van der Waals surface area contributed by atoms with Gasteiger partial charge in [-0.05, 0) is 50.2 Å². The van der Waals surface area contributed by atoms with Crippen LogP contribution in [0.5, 0.6) is 0 Å². The highest BCUT2D eigenvalue weighted by molar-refractivity contribution is 8.01. The van der Waals surface area contributed by atoms with Gasteiger partial charge in [0, 0.05) is 5.69 Å². The van der Waals surface area contributed by atoms with Gasteiger partial charge in [0.05, 0.1) is 22.5 Å². The molecule has 0 aliphatic rings. The Morgan fingerprint density at radius 2 is 2.11 bits per heavy atom. The number of rotatable bonds is 6. The standard InChI is InChI=1S/C18H17N5O2S2/c1-10(20-3)15(27-19)16(24)23-13-6-4-12(5-7-13)14-11(2)22-18(26-14)17-21-8-9-25-17/h4-9H,3,19H2,1-2H3,(H,23,24)/b15-10-. The number of thiazole rings is 1. The second-order valence-corrected chi connectivity index (χ2v) is 7.14. The average Bonchev–Trinajstić information content (AvgIpc) is 3.32. The van der Waals surface area contributed by atoms with E-state index in [1.807, 2.05) is 31.2 Å². The number of aromatic nitrogens is 2. The summed E-state index contributed by atoms with van der Waals surface area (Å²) in [5, 5.41) is 9.09. The van der Waals surface area contributed by atoms with E-state index in [4.69, 9.17) is 9.56 Å². The normalized spacial score (nSPS) is 11.8. The number of aryl methyl sites for hydroxylation is 1. The lowest BCUT2D eigenvalue weighted by Crippen LogP contribution is -2.14. The zero-order valence-electron chi connectivity index (χ0n) is 14.7. The number of hydrogen-bond donors (Lipinski definition) is 2. The summed E-state index contributed by atoms with van der Waals surface area (Å²) in [6.45, 7) is 7.04. The molecule has 3 aromatic rings. The molecular formula is C18H17N5O2S2. The third-order valence-electron chi connectivity index (χ3n) is 3.71. The first kappa shape index (κ1) is 19.0. The number of allylic oxidation sites excluding steroid dienone is 1. The molecule has 0 aliphatic carbocycles. The SMILES string of the molecule is C=N/C(C)=C(\SN)C(=O)Nc1ccc(-c2sc(-c3ncco3)nc2C)cc1. The molecule has 0 saturated carbocycles. The molecule has 0 atom stereocenters. The van der Waals surface area contributed by atoms with Gasteiger partial charge in [-0.25, -0.2) is 9.97 Å². The molecule has 3 rings (SSSR count). The van der Waals surface area contributed by atoms with E-state index in [1.165, 1.54) is 17.6 Å². The van der Waals surface area contributed by atoms with Crippen LogP contribution in [0.15, 0.2) is 56.7 Å². The monoisotopic (exact) mass is 399 g/mol. The van der Waals surface area contributed by atoms with E-state index in [-0.39, 0.29) is 5.91 Å². The fourth-order valence-corrected chi connectivity index (χ4v) is 3.76. The second-order valence-electron chi connectivity index (χ2n) is 5.49. The minimum Gasteiger partial charge on any atom is -0.443 e. The topological polar surface area (TPSA) is 106 Å². The highest BCUT2D eigenvalue weighted by atomic mass is 32.2. The lowest BCUT2D eigenvalue weighted by atomic mass is 10.1. The Morgan fingerprint density at radius 1 is 1.37 bits per heavy atom.